The normalized spacial score (nSPS) is 17.8. The number of benzene rings is 1. The van der Waals surface area contributed by atoms with Gasteiger partial charge in [0, 0.05) is 37.2 Å². The van der Waals surface area contributed by atoms with Gasteiger partial charge in [-0.1, -0.05) is 19.9 Å². The first-order valence-corrected chi connectivity index (χ1v) is 10.3. The molecular formula is C22H28F2N4O2. The van der Waals surface area contributed by atoms with Gasteiger partial charge in [-0.2, -0.15) is 5.10 Å². The predicted molar refractivity (Wildman–Crippen MR) is 110 cm³/mol. The largest absolute Gasteiger partial charge is 0.345 e. The summed E-state index contributed by atoms with van der Waals surface area (Å²) in [4.78, 5) is 26.5. The maximum Gasteiger partial charge on any atom is 0.245 e. The Morgan fingerprint density at radius 1 is 1.30 bits per heavy atom. The van der Waals surface area contributed by atoms with E-state index in [9.17, 15) is 18.4 Å². The molecule has 1 aliphatic heterocycles. The first-order chi connectivity index (χ1) is 14.3. The lowest BCUT2D eigenvalue weighted by atomic mass is 9.90. The zero-order chi connectivity index (χ0) is 21.8. The molecule has 2 heterocycles. The number of amides is 2. The van der Waals surface area contributed by atoms with Crippen LogP contribution in [0.2, 0.25) is 0 Å². The Hall–Kier alpha value is -2.77. The molecule has 0 aliphatic carbocycles. The predicted octanol–water partition coefficient (Wildman–Crippen LogP) is 3.61. The summed E-state index contributed by atoms with van der Waals surface area (Å²) in [5.74, 6) is -1.86. The van der Waals surface area contributed by atoms with E-state index in [1.165, 1.54) is 13.0 Å². The Bertz CT molecular complexity index is 912. The summed E-state index contributed by atoms with van der Waals surface area (Å²) < 4.78 is 27.0. The summed E-state index contributed by atoms with van der Waals surface area (Å²) in [7, 11) is 0. The molecule has 30 heavy (non-hydrogen) atoms. The molecule has 0 spiro atoms. The number of aromatic nitrogens is 2. The number of nitrogens with one attached hydrogen (secondary N) is 2. The molecule has 1 aromatic heterocycles. The molecular weight excluding hydrogens is 390 g/mol. The zero-order valence-corrected chi connectivity index (χ0v) is 17.5. The van der Waals surface area contributed by atoms with E-state index in [0.29, 0.717) is 30.6 Å². The molecule has 1 unspecified atom stereocenters. The molecule has 3 rings (SSSR count). The fourth-order valence-electron chi connectivity index (χ4n) is 4.07. The molecule has 2 aromatic rings. The highest BCUT2D eigenvalue weighted by molar-refractivity contribution is 5.87. The monoisotopic (exact) mass is 418 g/mol. The smallest absolute Gasteiger partial charge is 0.245 e. The molecule has 0 bridgehead atoms. The van der Waals surface area contributed by atoms with Gasteiger partial charge in [0.05, 0.1) is 6.20 Å². The SMILES string of the molecule is CC(=O)N[C@@H](CC(C)C)C(=O)N1CCCC(c2[nH]ncc2-c2ccc(F)c(F)c2)C1. The first kappa shape index (κ1) is 21.9. The fourth-order valence-corrected chi connectivity index (χ4v) is 4.07. The van der Waals surface area contributed by atoms with E-state index in [1.54, 1.807) is 11.1 Å². The lowest BCUT2D eigenvalue weighted by molar-refractivity contribution is -0.137. The molecule has 2 atom stereocenters. The highest BCUT2D eigenvalue weighted by atomic mass is 19.2. The standard InChI is InChI=1S/C22H28F2N4O2/c1-13(2)9-20(26-14(3)29)22(30)28-8-4-5-16(12-28)21-17(11-25-27-21)15-6-7-18(23)19(24)10-15/h6-7,10-11,13,16,20H,4-5,8-9,12H2,1-3H3,(H,25,27)(H,26,29)/t16?,20-/m0/s1. The first-order valence-electron chi connectivity index (χ1n) is 10.3. The van der Waals surface area contributed by atoms with Crippen LogP contribution in [-0.4, -0.2) is 46.0 Å². The van der Waals surface area contributed by atoms with E-state index < -0.39 is 17.7 Å². The Kier molecular flexibility index (Phi) is 6.84. The second-order valence-electron chi connectivity index (χ2n) is 8.33. The maximum absolute atomic E-state index is 13.7. The number of aromatic amines is 1. The maximum atomic E-state index is 13.7. The van der Waals surface area contributed by atoms with E-state index in [0.717, 1.165) is 30.7 Å². The van der Waals surface area contributed by atoms with Gasteiger partial charge in [0.15, 0.2) is 11.6 Å². The van der Waals surface area contributed by atoms with Crippen LogP contribution >= 0.6 is 0 Å². The number of likely N-dealkylation sites (tertiary alicyclic amines) is 1. The van der Waals surface area contributed by atoms with Crippen molar-refractivity contribution in [1.29, 1.82) is 0 Å². The van der Waals surface area contributed by atoms with Crippen LogP contribution in [0.15, 0.2) is 24.4 Å². The van der Waals surface area contributed by atoms with Crippen LogP contribution in [-0.2, 0) is 9.59 Å². The number of H-pyrrole nitrogens is 1. The van der Waals surface area contributed by atoms with Gasteiger partial charge in [-0.05, 0) is 42.9 Å². The molecule has 1 fully saturated rings. The van der Waals surface area contributed by atoms with Gasteiger partial charge in [0.2, 0.25) is 11.8 Å². The van der Waals surface area contributed by atoms with Crippen LogP contribution < -0.4 is 5.32 Å². The van der Waals surface area contributed by atoms with Gasteiger partial charge < -0.3 is 10.2 Å². The van der Waals surface area contributed by atoms with Crippen molar-refractivity contribution in [3.8, 4) is 11.1 Å². The van der Waals surface area contributed by atoms with E-state index in [2.05, 4.69) is 15.5 Å². The molecule has 1 aliphatic rings. The second kappa shape index (κ2) is 9.36. The van der Waals surface area contributed by atoms with Crippen molar-refractivity contribution in [1.82, 2.24) is 20.4 Å². The third-order valence-corrected chi connectivity index (χ3v) is 5.42. The molecule has 8 heteroatoms. The van der Waals surface area contributed by atoms with Crippen LogP contribution in [0.4, 0.5) is 8.78 Å². The molecule has 1 aromatic carbocycles. The average molecular weight is 418 g/mol. The van der Waals surface area contributed by atoms with Crippen molar-refractivity contribution in [2.75, 3.05) is 13.1 Å². The lowest BCUT2D eigenvalue weighted by Crippen LogP contribution is -2.51. The molecule has 6 nitrogen and oxygen atoms in total. The Balaban J connectivity index is 1.79. The Labute approximate surface area is 175 Å². The summed E-state index contributed by atoms with van der Waals surface area (Å²) in [6.07, 6.45) is 3.82. The van der Waals surface area contributed by atoms with Crippen LogP contribution in [0.1, 0.15) is 51.6 Å². The van der Waals surface area contributed by atoms with Crippen LogP contribution in [0, 0.1) is 17.6 Å². The van der Waals surface area contributed by atoms with Crippen molar-refractivity contribution in [2.24, 2.45) is 5.92 Å². The van der Waals surface area contributed by atoms with Gasteiger partial charge in [-0.25, -0.2) is 8.78 Å². The molecule has 0 saturated carbocycles. The molecule has 1 saturated heterocycles. The number of piperidine rings is 1. The van der Waals surface area contributed by atoms with Crippen molar-refractivity contribution < 1.29 is 18.4 Å². The molecule has 162 valence electrons. The van der Waals surface area contributed by atoms with Gasteiger partial charge >= 0.3 is 0 Å². The van der Waals surface area contributed by atoms with E-state index in [-0.39, 0.29) is 23.7 Å². The summed E-state index contributed by atoms with van der Waals surface area (Å²) in [6, 6.07) is 3.23. The molecule has 2 amide bonds. The number of carbonyl (C=O) groups excluding carboxylic acids is 2. The Morgan fingerprint density at radius 3 is 2.73 bits per heavy atom. The highest BCUT2D eigenvalue weighted by Gasteiger charge is 2.32. The van der Waals surface area contributed by atoms with Gasteiger partial charge in [0.25, 0.3) is 0 Å². The number of rotatable bonds is 6. The van der Waals surface area contributed by atoms with Crippen LogP contribution in [0.5, 0.6) is 0 Å². The summed E-state index contributed by atoms with van der Waals surface area (Å²) in [6.45, 7) is 6.54. The average Bonchev–Trinajstić information content (AvgIpc) is 3.18. The summed E-state index contributed by atoms with van der Waals surface area (Å²) >= 11 is 0. The van der Waals surface area contributed by atoms with Crippen LogP contribution in [0.3, 0.4) is 0 Å². The number of carbonyl (C=O) groups is 2. The summed E-state index contributed by atoms with van der Waals surface area (Å²) in [5, 5.41) is 9.87. The minimum atomic E-state index is -0.910. The van der Waals surface area contributed by atoms with Gasteiger partial charge in [0.1, 0.15) is 6.04 Å². The quantitative estimate of drug-likeness (QED) is 0.752. The minimum absolute atomic E-state index is 0.00894. The van der Waals surface area contributed by atoms with Crippen molar-refractivity contribution in [3.63, 3.8) is 0 Å². The van der Waals surface area contributed by atoms with E-state index in [1.807, 2.05) is 13.8 Å². The number of hydrogen-bond acceptors (Lipinski definition) is 3. The summed E-state index contributed by atoms with van der Waals surface area (Å²) in [5.41, 5.74) is 2.05. The molecule has 0 radical (unpaired) electrons. The minimum Gasteiger partial charge on any atom is -0.345 e. The molecule has 2 N–H and O–H groups in total. The second-order valence-corrected chi connectivity index (χ2v) is 8.33. The van der Waals surface area contributed by atoms with Crippen molar-refractivity contribution in [3.05, 3.63) is 41.7 Å². The lowest BCUT2D eigenvalue weighted by Gasteiger charge is -2.35. The van der Waals surface area contributed by atoms with E-state index in [4.69, 9.17) is 0 Å². The van der Waals surface area contributed by atoms with Crippen molar-refractivity contribution >= 4 is 11.8 Å². The Morgan fingerprint density at radius 2 is 2.07 bits per heavy atom. The van der Waals surface area contributed by atoms with E-state index >= 15 is 0 Å². The third kappa shape index (κ3) is 5.04. The number of hydrogen-bond donors (Lipinski definition) is 2. The highest BCUT2D eigenvalue weighted by Crippen LogP contribution is 2.33. The zero-order valence-electron chi connectivity index (χ0n) is 17.5. The fraction of sp³-hybridized carbons (Fsp3) is 0.500. The van der Waals surface area contributed by atoms with Gasteiger partial charge in [-0.15, -0.1) is 0 Å². The third-order valence-electron chi connectivity index (χ3n) is 5.42. The number of nitrogens with zero attached hydrogens (tertiary/aromatic N) is 2. The van der Waals surface area contributed by atoms with Crippen LogP contribution in [0.25, 0.3) is 11.1 Å². The van der Waals surface area contributed by atoms with Crippen molar-refractivity contribution in [2.45, 2.75) is 52.0 Å². The topological polar surface area (TPSA) is 78.1 Å². The van der Waals surface area contributed by atoms with Gasteiger partial charge in [-0.3, -0.25) is 14.7 Å². The number of halogens is 2.